The van der Waals surface area contributed by atoms with E-state index in [4.69, 9.17) is 4.74 Å². The zero-order valence-corrected chi connectivity index (χ0v) is 13.4. The van der Waals surface area contributed by atoms with Crippen LogP contribution in [0, 0.1) is 11.8 Å². The molecule has 1 aliphatic heterocycles. The molecule has 0 amide bonds. The molecular weight excluding hydrogens is 260 g/mol. The maximum absolute atomic E-state index is 5.87. The van der Waals surface area contributed by atoms with Crippen LogP contribution < -0.4 is 0 Å². The largest absolute Gasteiger partial charge is 0.458 e. The standard InChI is InChI=1S/C18H26N2O/c1-6-17-16(10-11-19-5)13-20-12-14(3)8-9-15(4)21-18(17)7-2/h7-9,11-12,14,16H,2,4,6,10,13H2,1,3,5H3. The lowest BCUT2D eigenvalue weighted by atomic mass is 9.92. The average Bonchev–Trinajstić information content (AvgIpc) is 2.50. The summed E-state index contributed by atoms with van der Waals surface area (Å²) in [4.78, 5) is 8.69. The van der Waals surface area contributed by atoms with Gasteiger partial charge in [0.1, 0.15) is 11.5 Å². The van der Waals surface area contributed by atoms with Gasteiger partial charge in [0.05, 0.1) is 0 Å². The fourth-order valence-electron chi connectivity index (χ4n) is 2.30. The third-order valence-electron chi connectivity index (χ3n) is 3.44. The van der Waals surface area contributed by atoms with Crippen LogP contribution in [0.4, 0.5) is 0 Å². The molecule has 3 heteroatoms. The van der Waals surface area contributed by atoms with Crippen LogP contribution in [0.25, 0.3) is 0 Å². The van der Waals surface area contributed by atoms with E-state index in [1.807, 2.05) is 24.6 Å². The van der Waals surface area contributed by atoms with Gasteiger partial charge in [0.15, 0.2) is 0 Å². The van der Waals surface area contributed by atoms with Gasteiger partial charge in [-0.2, -0.15) is 0 Å². The molecule has 114 valence electrons. The maximum Gasteiger partial charge on any atom is 0.126 e. The molecule has 0 aliphatic carbocycles. The van der Waals surface area contributed by atoms with Crippen molar-refractivity contribution in [3.8, 4) is 0 Å². The minimum Gasteiger partial charge on any atom is -0.458 e. The maximum atomic E-state index is 5.87. The molecule has 0 saturated carbocycles. The molecule has 0 aromatic rings. The first-order valence-electron chi connectivity index (χ1n) is 7.43. The van der Waals surface area contributed by atoms with Gasteiger partial charge in [-0.1, -0.05) is 33.1 Å². The van der Waals surface area contributed by atoms with Crippen LogP contribution in [-0.4, -0.2) is 26.0 Å². The van der Waals surface area contributed by atoms with E-state index in [0.29, 0.717) is 5.76 Å². The first-order chi connectivity index (χ1) is 10.1. The summed E-state index contributed by atoms with van der Waals surface area (Å²) in [6.07, 6.45) is 11.3. The molecule has 0 aromatic carbocycles. The highest BCUT2D eigenvalue weighted by Gasteiger charge is 2.17. The first kappa shape index (κ1) is 17.2. The van der Waals surface area contributed by atoms with Crippen molar-refractivity contribution in [2.45, 2.75) is 26.7 Å². The predicted octanol–water partition coefficient (Wildman–Crippen LogP) is 4.35. The SMILES string of the molecule is C=CC1=C(CC)C(CC=NC)CN=CC(C)C=CC(=C)O1. The fourth-order valence-corrected chi connectivity index (χ4v) is 2.30. The summed E-state index contributed by atoms with van der Waals surface area (Å²) < 4.78 is 5.87. The highest BCUT2D eigenvalue weighted by Crippen LogP contribution is 2.26. The Morgan fingerprint density at radius 3 is 2.90 bits per heavy atom. The molecule has 2 unspecified atom stereocenters. The second-order valence-electron chi connectivity index (χ2n) is 5.12. The Morgan fingerprint density at radius 2 is 2.29 bits per heavy atom. The molecule has 21 heavy (non-hydrogen) atoms. The second-order valence-corrected chi connectivity index (χ2v) is 5.12. The van der Waals surface area contributed by atoms with Crippen LogP contribution in [0.1, 0.15) is 26.7 Å². The van der Waals surface area contributed by atoms with E-state index >= 15 is 0 Å². The van der Waals surface area contributed by atoms with Gasteiger partial charge in [-0.25, -0.2) is 0 Å². The zero-order valence-electron chi connectivity index (χ0n) is 13.4. The molecule has 2 atom stereocenters. The smallest absolute Gasteiger partial charge is 0.126 e. The first-order valence-corrected chi connectivity index (χ1v) is 7.43. The normalized spacial score (nSPS) is 24.0. The van der Waals surface area contributed by atoms with Crippen molar-refractivity contribution in [2.24, 2.45) is 21.8 Å². The molecule has 0 fully saturated rings. The Hall–Kier alpha value is -1.90. The lowest BCUT2D eigenvalue weighted by Crippen LogP contribution is -2.12. The van der Waals surface area contributed by atoms with Crippen molar-refractivity contribution in [3.05, 3.63) is 48.5 Å². The monoisotopic (exact) mass is 286 g/mol. The Bertz CT molecular complexity index is 483. The molecule has 0 N–H and O–H groups in total. The zero-order chi connectivity index (χ0) is 15.7. The summed E-state index contributed by atoms with van der Waals surface area (Å²) in [5.41, 5.74) is 1.21. The number of hydrogen-bond donors (Lipinski definition) is 0. The Labute approximate surface area is 128 Å². The van der Waals surface area contributed by atoms with Crippen LogP contribution in [-0.2, 0) is 4.74 Å². The van der Waals surface area contributed by atoms with E-state index < -0.39 is 0 Å². The summed E-state index contributed by atoms with van der Waals surface area (Å²) in [5.74, 6) is 1.97. The Morgan fingerprint density at radius 1 is 1.52 bits per heavy atom. The number of nitrogens with zero attached hydrogens (tertiary/aromatic N) is 2. The molecule has 1 rings (SSSR count). The molecule has 0 aromatic heterocycles. The van der Waals surface area contributed by atoms with Gasteiger partial charge in [-0.15, -0.1) is 0 Å². The molecular formula is C18H26N2O. The highest BCUT2D eigenvalue weighted by molar-refractivity contribution is 5.63. The summed E-state index contributed by atoms with van der Waals surface area (Å²) in [7, 11) is 1.79. The van der Waals surface area contributed by atoms with Crippen LogP contribution in [0.3, 0.4) is 0 Å². The van der Waals surface area contributed by atoms with Crippen LogP contribution in [0.15, 0.2) is 58.5 Å². The second kappa shape index (κ2) is 9.11. The Balaban J connectivity index is 3.20. The van der Waals surface area contributed by atoms with Gasteiger partial charge < -0.3 is 9.73 Å². The third-order valence-corrected chi connectivity index (χ3v) is 3.44. The van der Waals surface area contributed by atoms with Gasteiger partial charge in [-0.05, 0) is 36.8 Å². The fraction of sp³-hybridized carbons (Fsp3) is 0.444. The lowest BCUT2D eigenvalue weighted by molar-refractivity contribution is 0.325. The molecule has 0 saturated heterocycles. The Kier molecular flexibility index (Phi) is 7.44. The molecule has 3 nitrogen and oxygen atoms in total. The van der Waals surface area contributed by atoms with Gasteiger partial charge in [0.25, 0.3) is 0 Å². The van der Waals surface area contributed by atoms with E-state index in [1.54, 1.807) is 13.1 Å². The number of ether oxygens (including phenoxy) is 1. The average molecular weight is 286 g/mol. The summed E-state index contributed by atoms with van der Waals surface area (Å²) in [6, 6.07) is 0. The van der Waals surface area contributed by atoms with Gasteiger partial charge in [-0.3, -0.25) is 4.99 Å². The van der Waals surface area contributed by atoms with E-state index in [2.05, 4.69) is 37.0 Å². The molecule has 0 spiro atoms. The van der Waals surface area contributed by atoms with Crippen molar-refractivity contribution in [3.63, 3.8) is 0 Å². The van der Waals surface area contributed by atoms with Crippen molar-refractivity contribution >= 4 is 12.4 Å². The number of allylic oxidation sites excluding steroid dienone is 3. The van der Waals surface area contributed by atoms with E-state index in [1.165, 1.54) is 5.57 Å². The summed E-state index contributed by atoms with van der Waals surface area (Å²) >= 11 is 0. The predicted molar refractivity (Wildman–Crippen MR) is 91.9 cm³/mol. The highest BCUT2D eigenvalue weighted by atomic mass is 16.5. The molecule has 1 heterocycles. The van der Waals surface area contributed by atoms with Crippen LogP contribution >= 0.6 is 0 Å². The van der Waals surface area contributed by atoms with Crippen molar-refractivity contribution in [1.82, 2.24) is 0 Å². The van der Waals surface area contributed by atoms with Crippen molar-refractivity contribution in [1.29, 1.82) is 0 Å². The third kappa shape index (κ3) is 5.54. The van der Waals surface area contributed by atoms with Gasteiger partial charge in [0.2, 0.25) is 0 Å². The van der Waals surface area contributed by atoms with E-state index in [0.717, 1.165) is 25.1 Å². The van der Waals surface area contributed by atoms with E-state index in [-0.39, 0.29) is 11.8 Å². The van der Waals surface area contributed by atoms with E-state index in [9.17, 15) is 0 Å². The summed E-state index contributed by atoms with van der Waals surface area (Å²) in [5, 5.41) is 0. The quantitative estimate of drug-likeness (QED) is 0.707. The van der Waals surface area contributed by atoms with Crippen molar-refractivity contribution in [2.75, 3.05) is 13.6 Å². The topological polar surface area (TPSA) is 34.0 Å². The lowest BCUT2D eigenvalue weighted by Gasteiger charge is -2.19. The molecule has 0 bridgehead atoms. The molecule has 1 aliphatic rings. The molecule has 0 radical (unpaired) electrons. The van der Waals surface area contributed by atoms with Crippen molar-refractivity contribution < 1.29 is 4.74 Å². The van der Waals surface area contributed by atoms with Gasteiger partial charge in [0, 0.05) is 31.6 Å². The van der Waals surface area contributed by atoms with Crippen LogP contribution in [0.2, 0.25) is 0 Å². The minimum atomic E-state index is 0.265. The summed E-state index contributed by atoms with van der Waals surface area (Å²) in [6.45, 7) is 12.8. The number of aliphatic imine (C=N–C) groups is 2. The van der Waals surface area contributed by atoms with Crippen LogP contribution in [0.5, 0.6) is 0 Å². The number of rotatable bonds is 4. The van der Waals surface area contributed by atoms with Gasteiger partial charge >= 0.3 is 0 Å². The minimum absolute atomic E-state index is 0.265. The number of hydrogen-bond acceptors (Lipinski definition) is 3.